The van der Waals surface area contributed by atoms with Gasteiger partial charge in [0, 0.05) is 23.3 Å². The van der Waals surface area contributed by atoms with Gasteiger partial charge in [0.05, 0.1) is 5.56 Å². The number of oxime groups is 1. The second-order valence-corrected chi connectivity index (χ2v) is 9.78. The number of carbonyl (C=O) groups excluding carboxylic acids is 3. The van der Waals surface area contributed by atoms with Gasteiger partial charge in [-0.2, -0.15) is 0 Å². The zero-order valence-electron chi connectivity index (χ0n) is 19.4. The Balaban J connectivity index is 1.47. The molecule has 4 rings (SSSR count). The number of carbonyl (C=O) groups is 4. The molecule has 1 saturated heterocycles. The Hall–Kier alpha value is -4.24. The van der Waals surface area contributed by atoms with Crippen LogP contribution in [0, 0.1) is 0 Å². The molecule has 3 amide bonds. The predicted molar refractivity (Wildman–Crippen MR) is 134 cm³/mol. The molecule has 15 heteroatoms. The van der Waals surface area contributed by atoms with Crippen LogP contribution in [-0.4, -0.2) is 68.7 Å². The van der Waals surface area contributed by atoms with Crippen LogP contribution >= 0.6 is 23.1 Å². The number of rotatable bonds is 9. The summed E-state index contributed by atoms with van der Waals surface area (Å²) in [5, 5.41) is 17.3. The first-order chi connectivity index (χ1) is 17.7. The van der Waals surface area contributed by atoms with E-state index >= 15 is 0 Å². The number of carboxylic acid groups (broad SMARTS) is 1. The quantitative estimate of drug-likeness (QED) is 0.139. The molecular formula is C22H22N7O6S2+. The number of nitrogens with one attached hydrogen (secondary N) is 1. The van der Waals surface area contributed by atoms with Crippen molar-refractivity contribution in [3.05, 3.63) is 64.6 Å². The number of aromatic nitrogens is 2. The molecule has 0 spiro atoms. The molecule has 4 heterocycles. The van der Waals surface area contributed by atoms with Crippen LogP contribution in [0.4, 0.5) is 5.13 Å². The van der Waals surface area contributed by atoms with E-state index in [2.05, 4.69) is 15.5 Å². The lowest BCUT2D eigenvalue weighted by molar-refractivity contribution is -0.687. The monoisotopic (exact) mass is 544 g/mol. The van der Waals surface area contributed by atoms with E-state index in [4.69, 9.17) is 16.3 Å². The number of aliphatic carboxylic acids is 1. The summed E-state index contributed by atoms with van der Waals surface area (Å²) in [6, 6.07) is 2.21. The van der Waals surface area contributed by atoms with Gasteiger partial charge in [-0.25, -0.2) is 14.3 Å². The maximum absolute atomic E-state index is 12.9. The van der Waals surface area contributed by atoms with E-state index < -0.39 is 35.1 Å². The van der Waals surface area contributed by atoms with E-state index in [1.165, 1.54) is 29.2 Å². The topological polar surface area (TPSA) is 194 Å². The van der Waals surface area contributed by atoms with Crippen molar-refractivity contribution in [1.82, 2.24) is 15.2 Å². The largest absolute Gasteiger partial charge is 0.477 e. The van der Waals surface area contributed by atoms with Crippen LogP contribution in [0.15, 0.2) is 58.5 Å². The Morgan fingerprint density at radius 3 is 2.70 bits per heavy atom. The fraction of sp³-hybridized carbons (Fsp3) is 0.227. The molecule has 0 bridgehead atoms. The lowest BCUT2D eigenvalue weighted by Crippen LogP contribution is -2.71. The summed E-state index contributed by atoms with van der Waals surface area (Å²) in [5.74, 6) is -2.72. The van der Waals surface area contributed by atoms with Gasteiger partial charge in [0.1, 0.15) is 29.9 Å². The van der Waals surface area contributed by atoms with E-state index in [9.17, 15) is 24.3 Å². The number of fused-ring (bicyclic) bond motifs is 1. The minimum absolute atomic E-state index is 0.136. The van der Waals surface area contributed by atoms with Crippen molar-refractivity contribution in [2.45, 2.75) is 18.0 Å². The Labute approximate surface area is 218 Å². The van der Waals surface area contributed by atoms with Crippen LogP contribution in [0.5, 0.6) is 0 Å². The Kier molecular flexibility index (Phi) is 7.54. The Morgan fingerprint density at radius 2 is 2.11 bits per heavy atom. The molecule has 6 N–H and O–H groups in total. The minimum Gasteiger partial charge on any atom is -0.477 e. The maximum atomic E-state index is 12.9. The van der Waals surface area contributed by atoms with Crippen molar-refractivity contribution in [1.29, 1.82) is 0 Å². The van der Waals surface area contributed by atoms with Gasteiger partial charge >= 0.3 is 5.97 Å². The number of hydrogen-bond acceptors (Lipinski definition) is 10. The van der Waals surface area contributed by atoms with E-state index in [0.29, 0.717) is 23.4 Å². The van der Waals surface area contributed by atoms with Crippen LogP contribution in [0.1, 0.15) is 16.1 Å². The summed E-state index contributed by atoms with van der Waals surface area (Å²) in [6.45, 7) is 0.402. The first kappa shape index (κ1) is 25.8. The number of β-lactam (4-membered cyclic amide) rings is 1. The summed E-state index contributed by atoms with van der Waals surface area (Å²) in [6.07, 6.45) is 6.75. The number of carboxylic acids is 1. The molecular weight excluding hydrogens is 522 g/mol. The van der Waals surface area contributed by atoms with Crippen molar-refractivity contribution in [2.24, 2.45) is 10.9 Å². The van der Waals surface area contributed by atoms with Crippen molar-refractivity contribution in [3.8, 4) is 0 Å². The zero-order chi connectivity index (χ0) is 26.7. The fourth-order valence-corrected chi connectivity index (χ4v) is 5.60. The smallest absolute Gasteiger partial charge is 0.352 e. The predicted octanol–water partition coefficient (Wildman–Crippen LogP) is -0.543. The molecule has 13 nitrogen and oxygen atoms in total. The van der Waals surface area contributed by atoms with Crippen LogP contribution in [0.3, 0.4) is 0 Å². The molecule has 2 aliphatic rings. The third-order valence-corrected chi connectivity index (χ3v) is 7.44. The van der Waals surface area contributed by atoms with Crippen molar-refractivity contribution < 1.29 is 33.7 Å². The van der Waals surface area contributed by atoms with E-state index in [0.717, 1.165) is 11.3 Å². The van der Waals surface area contributed by atoms with Gasteiger partial charge in [-0.1, -0.05) is 11.2 Å². The summed E-state index contributed by atoms with van der Waals surface area (Å²) in [4.78, 5) is 58.9. The number of hydrogen-bond donors (Lipinski definition) is 4. The Bertz CT molecular complexity index is 1350. The van der Waals surface area contributed by atoms with Crippen molar-refractivity contribution >= 4 is 57.6 Å². The first-order valence-electron chi connectivity index (χ1n) is 10.7. The van der Waals surface area contributed by atoms with Gasteiger partial charge in [-0.3, -0.25) is 19.3 Å². The van der Waals surface area contributed by atoms with E-state index in [1.807, 2.05) is 0 Å². The highest BCUT2D eigenvalue weighted by Crippen LogP contribution is 2.40. The van der Waals surface area contributed by atoms with Gasteiger partial charge in [-0.05, 0) is 11.6 Å². The molecule has 2 aliphatic heterocycles. The van der Waals surface area contributed by atoms with Crippen molar-refractivity contribution in [3.63, 3.8) is 0 Å². The molecule has 192 valence electrons. The number of nitrogens with zero attached hydrogens (tertiary/aromatic N) is 4. The third kappa shape index (κ3) is 5.31. The maximum Gasteiger partial charge on any atom is 0.352 e. The van der Waals surface area contributed by atoms with Crippen LogP contribution in [0.2, 0.25) is 0 Å². The SMILES string of the molecule is CO/N=C(\C(=O)NC1C(=O)N2C(C(=O)O)=C(/C=C/C[n+]3ccc(C(N)=O)cc3)CS[C@H]12)c1csc(N)n1. The molecule has 1 unspecified atom stereocenters. The average Bonchev–Trinajstić information content (AvgIpc) is 3.31. The number of anilines is 1. The highest BCUT2D eigenvalue weighted by Gasteiger charge is 2.54. The van der Waals surface area contributed by atoms with Gasteiger partial charge < -0.3 is 26.7 Å². The number of amides is 3. The zero-order valence-corrected chi connectivity index (χ0v) is 21.0. The summed E-state index contributed by atoms with van der Waals surface area (Å²) in [7, 11) is 1.27. The second-order valence-electron chi connectivity index (χ2n) is 7.78. The molecule has 1 fully saturated rings. The lowest BCUT2D eigenvalue weighted by Gasteiger charge is -2.49. The standard InChI is InChI=1S/C22H21N7O6S2/c1-35-27-14(13-10-37-22(24)25-13)18(31)26-15-19(32)29-16(21(33)34)12(9-36-20(15)29)3-2-6-28-7-4-11(5-8-28)17(23)30/h2-5,7-8,10,15,20H,6,9H2,1H3,(H5-,23,24,25,26,30,31,33,34)/p+1/b3-2+,27-14-/t15?,20-/m1/s1. The normalized spacial score (nSPS) is 19.4. The molecule has 0 aliphatic carbocycles. The highest BCUT2D eigenvalue weighted by molar-refractivity contribution is 8.00. The summed E-state index contributed by atoms with van der Waals surface area (Å²) < 4.78 is 1.78. The molecule has 37 heavy (non-hydrogen) atoms. The van der Waals surface area contributed by atoms with E-state index in [1.54, 1.807) is 41.2 Å². The number of nitrogens with two attached hydrogens (primary N) is 2. The number of pyridine rings is 1. The number of nitrogen functional groups attached to an aromatic ring is 1. The number of thioether (sulfide) groups is 1. The third-order valence-electron chi connectivity index (χ3n) is 5.46. The molecule has 2 aromatic rings. The average molecular weight is 545 g/mol. The minimum atomic E-state index is -1.25. The van der Waals surface area contributed by atoms with Crippen LogP contribution < -0.4 is 21.4 Å². The summed E-state index contributed by atoms with van der Waals surface area (Å²) in [5.41, 5.74) is 11.6. The van der Waals surface area contributed by atoms with Crippen molar-refractivity contribution in [2.75, 3.05) is 18.6 Å². The molecule has 0 saturated carbocycles. The molecule has 0 aromatic carbocycles. The highest BCUT2D eigenvalue weighted by atomic mass is 32.2. The van der Waals surface area contributed by atoms with E-state index in [-0.39, 0.29) is 22.2 Å². The van der Waals surface area contributed by atoms with Gasteiger partial charge in [0.2, 0.25) is 5.91 Å². The van der Waals surface area contributed by atoms with Crippen LogP contribution in [0.25, 0.3) is 0 Å². The second kappa shape index (κ2) is 10.8. The molecule has 2 aromatic heterocycles. The Morgan fingerprint density at radius 1 is 1.38 bits per heavy atom. The fourth-order valence-electron chi connectivity index (χ4n) is 3.73. The molecule has 0 radical (unpaired) electrons. The van der Waals surface area contributed by atoms with Crippen LogP contribution in [-0.2, 0) is 25.8 Å². The first-order valence-corrected chi connectivity index (χ1v) is 12.6. The van der Waals surface area contributed by atoms with Gasteiger partial charge in [0.15, 0.2) is 29.8 Å². The van der Waals surface area contributed by atoms with Gasteiger partial charge in [-0.15, -0.1) is 23.1 Å². The van der Waals surface area contributed by atoms with Gasteiger partial charge in [0.25, 0.3) is 11.8 Å². The molecule has 2 atom stereocenters. The number of thiazole rings is 1. The number of primary amides is 1. The summed E-state index contributed by atoms with van der Waals surface area (Å²) >= 11 is 2.44. The number of allylic oxidation sites excluding steroid dienone is 2. The lowest BCUT2D eigenvalue weighted by atomic mass is 10.0.